The fourth-order valence-corrected chi connectivity index (χ4v) is 5.23. The molecule has 0 aromatic heterocycles. The van der Waals surface area contributed by atoms with Gasteiger partial charge in [-0.15, -0.1) is 0 Å². The number of hydrogen-bond acceptors (Lipinski definition) is 5. The van der Waals surface area contributed by atoms with Gasteiger partial charge in [0.1, 0.15) is 24.2 Å². The highest BCUT2D eigenvalue weighted by Gasteiger charge is 2.33. The van der Waals surface area contributed by atoms with Crippen LogP contribution in [0.2, 0.25) is 5.02 Å². The van der Waals surface area contributed by atoms with E-state index in [-0.39, 0.29) is 35.6 Å². The molecule has 3 rings (SSSR count). The van der Waals surface area contributed by atoms with Crippen LogP contribution in [0.1, 0.15) is 31.4 Å². The monoisotopic (exact) mass is 603 g/mol. The topological polar surface area (TPSA) is 96.0 Å². The van der Waals surface area contributed by atoms with E-state index in [1.165, 1.54) is 18.1 Å². The van der Waals surface area contributed by atoms with Gasteiger partial charge in [-0.2, -0.15) is 0 Å². The fraction of sp³-hybridized carbons (Fsp3) is 0.333. The number of methoxy groups -OCH3 is 1. The molecular weight excluding hydrogens is 569 g/mol. The molecule has 3 aromatic carbocycles. The summed E-state index contributed by atoms with van der Waals surface area (Å²) in [7, 11) is -2.48. The quantitative estimate of drug-likeness (QED) is 0.303. The molecule has 8 nitrogen and oxygen atoms in total. The lowest BCUT2D eigenvalue weighted by atomic mass is 10.0. The molecule has 0 spiro atoms. The van der Waals surface area contributed by atoms with Crippen LogP contribution in [0.3, 0.4) is 0 Å². The molecule has 2 amide bonds. The molecule has 0 unspecified atom stereocenters. The molecule has 0 aliphatic rings. The van der Waals surface area contributed by atoms with Crippen LogP contribution in [-0.2, 0) is 32.6 Å². The highest BCUT2D eigenvalue weighted by Crippen LogP contribution is 2.25. The van der Waals surface area contributed by atoms with E-state index in [9.17, 15) is 22.4 Å². The number of nitrogens with one attached hydrogen (secondary N) is 1. The van der Waals surface area contributed by atoms with Crippen LogP contribution in [-0.4, -0.2) is 57.1 Å². The summed E-state index contributed by atoms with van der Waals surface area (Å²) in [6, 6.07) is 18.6. The third-order valence-electron chi connectivity index (χ3n) is 6.63. The maximum absolute atomic E-state index is 14.1. The molecule has 1 N–H and O–H groups in total. The van der Waals surface area contributed by atoms with Gasteiger partial charge in [-0.25, -0.2) is 12.8 Å². The number of amides is 2. The van der Waals surface area contributed by atoms with Crippen LogP contribution < -0.4 is 14.4 Å². The molecule has 0 bridgehead atoms. The minimum absolute atomic E-state index is 0.00321. The van der Waals surface area contributed by atoms with Crippen molar-refractivity contribution in [2.45, 2.75) is 45.3 Å². The molecule has 220 valence electrons. The van der Waals surface area contributed by atoms with Gasteiger partial charge in [0.25, 0.3) is 0 Å². The largest absolute Gasteiger partial charge is 0.497 e. The molecule has 11 heteroatoms. The number of benzene rings is 3. The smallest absolute Gasteiger partial charge is 0.244 e. The molecule has 0 aliphatic heterocycles. The van der Waals surface area contributed by atoms with E-state index in [0.717, 1.165) is 28.3 Å². The molecule has 0 radical (unpaired) electrons. The Bertz CT molecular complexity index is 1460. The van der Waals surface area contributed by atoms with Gasteiger partial charge >= 0.3 is 0 Å². The first kappa shape index (κ1) is 31.9. The van der Waals surface area contributed by atoms with Crippen molar-refractivity contribution in [3.8, 4) is 5.75 Å². The molecule has 41 heavy (non-hydrogen) atoms. The molecule has 0 saturated heterocycles. The van der Waals surface area contributed by atoms with Crippen molar-refractivity contribution < 1.29 is 27.1 Å². The summed E-state index contributed by atoms with van der Waals surface area (Å²) in [4.78, 5) is 29.1. The van der Waals surface area contributed by atoms with E-state index < -0.39 is 34.3 Å². The van der Waals surface area contributed by atoms with E-state index in [4.69, 9.17) is 16.3 Å². The molecule has 3 aromatic rings. The lowest BCUT2D eigenvalue weighted by Crippen LogP contribution is -2.54. The number of carbonyl (C=O) groups excluding carboxylic acids is 2. The lowest BCUT2D eigenvalue weighted by molar-refractivity contribution is -0.140. The van der Waals surface area contributed by atoms with Gasteiger partial charge in [0.05, 0.1) is 24.1 Å². The second kappa shape index (κ2) is 14.3. The van der Waals surface area contributed by atoms with Gasteiger partial charge in [-0.3, -0.25) is 13.9 Å². The number of halogens is 2. The number of nitrogens with zero attached hydrogens (tertiary/aromatic N) is 2. The Kier molecular flexibility index (Phi) is 11.1. The van der Waals surface area contributed by atoms with E-state index in [1.807, 2.05) is 44.2 Å². The van der Waals surface area contributed by atoms with Gasteiger partial charge in [0.2, 0.25) is 21.8 Å². The number of rotatable bonds is 13. The summed E-state index contributed by atoms with van der Waals surface area (Å²) in [6.07, 6.45) is 1.82. The highest BCUT2D eigenvalue weighted by atomic mass is 35.5. The summed E-state index contributed by atoms with van der Waals surface area (Å²) >= 11 is 5.93. The van der Waals surface area contributed by atoms with Gasteiger partial charge in [-0.1, -0.05) is 61.0 Å². The van der Waals surface area contributed by atoms with Crippen molar-refractivity contribution in [1.29, 1.82) is 0 Å². The molecular formula is C30H35ClFN3O5S. The highest BCUT2D eigenvalue weighted by molar-refractivity contribution is 7.92. The maximum Gasteiger partial charge on any atom is 0.244 e. The predicted octanol–water partition coefficient (Wildman–Crippen LogP) is 4.81. The SMILES string of the molecule is CC[C@@H](C)NC(=O)[C@H](Cc1ccccc1)N(Cc1cccc(OC)c1)C(=O)CN(c1ccc(F)c(Cl)c1)S(C)(=O)=O. The van der Waals surface area contributed by atoms with E-state index in [0.29, 0.717) is 17.7 Å². The second-order valence-corrected chi connectivity index (χ2v) is 12.1. The fourth-order valence-electron chi connectivity index (χ4n) is 4.22. The zero-order valence-electron chi connectivity index (χ0n) is 23.5. The zero-order valence-corrected chi connectivity index (χ0v) is 25.1. The van der Waals surface area contributed by atoms with Gasteiger partial charge < -0.3 is 15.0 Å². The number of ether oxygens (including phenoxy) is 1. The van der Waals surface area contributed by atoms with E-state index in [2.05, 4.69) is 5.32 Å². The second-order valence-electron chi connectivity index (χ2n) is 9.76. The van der Waals surface area contributed by atoms with Crippen LogP contribution in [0.5, 0.6) is 5.75 Å². The van der Waals surface area contributed by atoms with Crippen LogP contribution in [0.15, 0.2) is 72.8 Å². The minimum atomic E-state index is -4.00. The Morgan fingerprint density at radius 3 is 2.32 bits per heavy atom. The molecule has 2 atom stereocenters. The summed E-state index contributed by atoms with van der Waals surface area (Å²) in [5.74, 6) is -1.15. The van der Waals surface area contributed by atoms with Crippen molar-refractivity contribution in [3.63, 3.8) is 0 Å². The number of carbonyl (C=O) groups is 2. The summed E-state index contributed by atoms with van der Waals surface area (Å²) < 4.78 is 45.7. The Morgan fingerprint density at radius 2 is 1.71 bits per heavy atom. The Labute approximate surface area is 246 Å². The maximum atomic E-state index is 14.1. The number of sulfonamides is 1. The Hall–Kier alpha value is -3.63. The standard InChI is InChI=1S/C30H35ClFN3O5S/c1-5-21(2)33-30(37)28(17-22-10-7-6-8-11-22)34(19-23-12-9-13-25(16-23)40-3)29(36)20-35(41(4,38)39)24-14-15-27(32)26(31)18-24/h6-16,18,21,28H,5,17,19-20H2,1-4H3,(H,33,37)/t21-,28+/m1/s1. The summed E-state index contributed by atoms with van der Waals surface area (Å²) in [6.45, 7) is 3.18. The normalized spacial score (nSPS) is 12.7. The molecule has 0 heterocycles. The van der Waals surface area contributed by atoms with Crippen molar-refractivity contribution >= 4 is 39.1 Å². The van der Waals surface area contributed by atoms with Gasteiger partial charge in [-0.05, 0) is 54.8 Å². The third-order valence-corrected chi connectivity index (χ3v) is 8.06. The van der Waals surface area contributed by atoms with Crippen molar-refractivity contribution in [2.75, 3.05) is 24.2 Å². The van der Waals surface area contributed by atoms with Gasteiger partial charge in [0, 0.05) is 19.0 Å². The molecule has 0 aliphatic carbocycles. The average molecular weight is 604 g/mol. The molecule has 0 fully saturated rings. The van der Waals surface area contributed by atoms with Crippen LogP contribution in [0.4, 0.5) is 10.1 Å². The van der Waals surface area contributed by atoms with Gasteiger partial charge in [0.15, 0.2) is 0 Å². The number of hydrogen-bond donors (Lipinski definition) is 1. The first-order valence-corrected chi connectivity index (χ1v) is 15.3. The average Bonchev–Trinajstić information content (AvgIpc) is 2.94. The number of anilines is 1. The minimum Gasteiger partial charge on any atom is -0.497 e. The van der Waals surface area contributed by atoms with Crippen LogP contribution >= 0.6 is 11.6 Å². The Morgan fingerprint density at radius 1 is 1.02 bits per heavy atom. The van der Waals surface area contributed by atoms with Crippen LogP contribution in [0, 0.1) is 5.82 Å². The van der Waals surface area contributed by atoms with Crippen molar-refractivity contribution in [3.05, 3.63) is 94.8 Å². The van der Waals surface area contributed by atoms with E-state index in [1.54, 1.807) is 24.3 Å². The predicted molar refractivity (Wildman–Crippen MR) is 159 cm³/mol. The molecule has 0 saturated carbocycles. The Balaban J connectivity index is 2.08. The first-order chi connectivity index (χ1) is 19.4. The zero-order chi connectivity index (χ0) is 30.2. The lowest BCUT2D eigenvalue weighted by Gasteiger charge is -2.34. The van der Waals surface area contributed by atoms with Crippen LogP contribution in [0.25, 0.3) is 0 Å². The van der Waals surface area contributed by atoms with Crippen molar-refractivity contribution in [2.24, 2.45) is 0 Å². The summed E-state index contributed by atoms with van der Waals surface area (Å²) in [5, 5.41) is 2.69. The third kappa shape index (κ3) is 8.93. The van der Waals surface area contributed by atoms with Crippen molar-refractivity contribution in [1.82, 2.24) is 10.2 Å². The summed E-state index contributed by atoms with van der Waals surface area (Å²) in [5.41, 5.74) is 1.53. The van der Waals surface area contributed by atoms with E-state index >= 15 is 0 Å². The first-order valence-electron chi connectivity index (χ1n) is 13.1.